The summed E-state index contributed by atoms with van der Waals surface area (Å²) in [6.45, 7) is 1.99. The number of anilines is 3. The molecule has 0 fully saturated rings. The van der Waals surface area contributed by atoms with Crippen LogP contribution in [0.1, 0.15) is 5.56 Å². The highest BCUT2D eigenvalue weighted by Crippen LogP contribution is 2.31. The maximum absolute atomic E-state index is 11.7. The predicted molar refractivity (Wildman–Crippen MR) is 89.3 cm³/mol. The van der Waals surface area contributed by atoms with Gasteiger partial charge in [0.05, 0.1) is 22.0 Å². The van der Waals surface area contributed by atoms with Gasteiger partial charge >= 0.3 is 0 Å². The van der Waals surface area contributed by atoms with E-state index < -0.39 is 10.0 Å². The molecule has 0 saturated carbocycles. The lowest BCUT2D eigenvalue weighted by atomic mass is 10.2. The Bertz CT molecular complexity index is 776. The number of nitrogens with two attached hydrogens (primary N) is 1. The van der Waals surface area contributed by atoms with Crippen molar-refractivity contribution in [3.05, 3.63) is 46.4 Å². The molecule has 5 nitrogen and oxygen atoms in total. The van der Waals surface area contributed by atoms with Gasteiger partial charge in [-0.25, -0.2) is 13.1 Å². The topological polar surface area (TPSA) is 84.2 Å². The van der Waals surface area contributed by atoms with Crippen molar-refractivity contribution < 1.29 is 8.42 Å². The van der Waals surface area contributed by atoms with Crippen LogP contribution in [0.25, 0.3) is 0 Å². The van der Waals surface area contributed by atoms with Crippen LogP contribution in [-0.4, -0.2) is 15.5 Å². The maximum Gasteiger partial charge on any atom is 0.240 e. The van der Waals surface area contributed by atoms with Gasteiger partial charge < -0.3 is 11.1 Å². The largest absolute Gasteiger partial charge is 0.397 e. The number of benzene rings is 2. The van der Waals surface area contributed by atoms with Gasteiger partial charge in [-0.1, -0.05) is 12.1 Å². The minimum Gasteiger partial charge on any atom is -0.397 e. The fourth-order valence-corrected chi connectivity index (χ4v) is 2.96. The molecule has 7 heteroatoms. The summed E-state index contributed by atoms with van der Waals surface area (Å²) < 4.78 is 26.7. The molecule has 0 heterocycles. The van der Waals surface area contributed by atoms with Crippen LogP contribution in [0.5, 0.6) is 0 Å². The number of rotatable bonds is 4. The van der Waals surface area contributed by atoms with Gasteiger partial charge in [-0.05, 0) is 59.7 Å². The standard InChI is InChI=1S/C14H16BrN3O2S/c1-9-4-3-5-13(14(9)15)18-12-7-6-10(8-11(12)16)21(19,20)17-2/h3-8,17-18H,16H2,1-2H3. The summed E-state index contributed by atoms with van der Waals surface area (Å²) in [4.78, 5) is 0.136. The minimum atomic E-state index is -3.49. The first-order chi connectivity index (χ1) is 9.85. The van der Waals surface area contributed by atoms with Crippen molar-refractivity contribution in [3.63, 3.8) is 0 Å². The van der Waals surface area contributed by atoms with Crippen LogP contribution in [0.2, 0.25) is 0 Å². The first kappa shape index (κ1) is 15.8. The van der Waals surface area contributed by atoms with Crippen molar-refractivity contribution in [2.45, 2.75) is 11.8 Å². The normalized spacial score (nSPS) is 11.4. The van der Waals surface area contributed by atoms with Crippen molar-refractivity contribution >= 4 is 43.0 Å². The smallest absolute Gasteiger partial charge is 0.240 e. The van der Waals surface area contributed by atoms with Crippen LogP contribution >= 0.6 is 15.9 Å². The summed E-state index contributed by atoms with van der Waals surface area (Å²) in [6.07, 6.45) is 0. The molecule has 0 saturated heterocycles. The second-order valence-electron chi connectivity index (χ2n) is 4.52. The summed E-state index contributed by atoms with van der Waals surface area (Å²) >= 11 is 3.51. The fourth-order valence-electron chi connectivity index (χ4n) is 1.83. The molecular formula is C14H16BrN3O2S. The van der Waals surface area contributed by atoms with Gasteiger partial charge in [-0.3, -0.25) is 0 Å². The first-order valence-corrected chi connectivity index (χ1v) is 8.48. The zero-order chi connectivity index (χ0) is 15.6. The molecular weight excluding hydrogens is 354 g/mol. The van der Waals surface area contributed by atoms with Gasteiger partial charge in [0.15, 0.2) is 0 Å². The third-order valence-electron chi connectivity index (χ3n) is 3.06. The molecule has 0 aliphatic carbocycles. The van der Waals surface area contributed by atoms with E-state index >= 15 is 0 Å². The zero-order valence-electron chi connectivity index (χ0n) is 11.6. The van der Waals surface area contributed by atoms with E-state index in [0.29, 0.717) is 11.4 Å². The van der Waals surface area contributed by atoms with E-state index in [-0.39, 0.29) is 4.90 Å². The molecule has 0 amide bonds. The number of halogens is 1. The third kappa shape index (κ3) is 3.37. The Hall–Kier alpha value is -1.57. The molecule has 0 spiro atoms. The molecule has 0 bridgehead atoms. The van der Waals surface area contributed by atoms with Crippen LogP contribution in [0.4, 0.5) is 17.1 Å². The molecule has 0 radical (unpaired) electrons. The average molecular weight is 370 g/mol. The molecule has 0 aromatic heterocycles. The molecule has 2 rings (SSSR count). The van der Waals surface area contributed by atoms with E-state index in [9.17, 15) is 8.42 Å². The summed E-state index contributed by atoms with van der Waals surface area (Å²) in [5, 5.41) is 3.19. The van der Waals surface area contributed by atoms with E-state index in [1.165, 1.54) is 19.2 Å². The second-order valence-corrected chi connectivity index (χ2v) is 7.20. The van der Waals surface area contributed by atoms with Crippen molar-refractivity contribution in [1.82, 2.24) is 4.72 Å². The number of aryl methyl sites for hydroxylation is 1. The van der Waals surface area contributed by atoms with Crippen LogP contribution in [0, 0.1) is 6.92 Å². The monoisotopic (exact) mass is 369 g/mol. The zero-order valence-corrected chi connectivity index (χ0v) is 14.0. The highest BCUT2D eigenvalue weighted by atomic mass is 79.9. The highest BCUT2D eigenvalue weighted by molar-refractivity contribution is 9.10. The minimum absolute atomic E-state index is 0.136. The molecule has 112 valence electrons. The Balaban J connectivity index is 2.37. The van der Waals surface area contributed by atoms with Gasteiger partial charge in [0.25, 0.3) is 0 Å². The Kier molecular flexibility index (Phi) is 4.55. The molecule has 2 aromatic carbocycles. The van der Waals surface area contributed by atoms with Crippen LogP contribution in [0.3, 0.4) is 0 Å². The lowest BCUT2D eigenvalue weighted by Crippen LogP contribution is -2.18. The SMILES string of the molecule is CNS(=O)(=O)c1ccc(Nc2cccc(C)c2Br)c(N)c1. The van der Waals surface area contributed by atoms with Gasteiger partial charge in [-0.2, -0.15) is 0 Å². The number of sulfonamides is 1. The molecule has 4 N–H and O–H groups in total. The molecule has 0 atom stereocenters. The van der Waals surface area contributed by atoms with Gasteiger partial charge in [-0.15, -0.1) is 0 Å². The molecule has 2 aromatic rings. The van der Waals surface area contributed by atoms with Gasteiger partial charge in [0, 0.05) is 4.47 Å². The van der Waals surface area contributed by atoms with Crippen molar-refractivity contribution in [1.29, 1.82) is 0 Å². The number of nitrogens with one attached hydrogen (secondary N) is 2. The van der Waals surface area contributed by atoms with Crippen molar-refractivity contribution in [2.75, 3.05) is 18.1 Å². The highest BCUT2D eigenvalue weighted by Gasteiger charge is 2.13. The van der Waals surface area contributed by atoms with E-state index in [1.807, 2.05) is 25.1 Å². The predicted octanol–water partition coefficient (Wildman–Crippen LogP) is 2.99. The number of hydrogen-bond acceptors (Lipinski definition) is 4. The van der Waals surface area contributed by atoms with Gasteiger partial charge in [0.1, 0.15) is 0 Å². The van der Waals surface area contributed by atoms with E-state index in [0.717, 1.165) is 15.7 Å². The van der Waals surface area contributed by atoms with Crippen molar-refractivity contribution in [2.24, 2.45) is 0 Å². The Labute approximate surface area is 132 Å². The van der Waals surface area contributed by atoms with Crippen LogP contribution < -0.4 is 15.8 Å². The first-order valence-electron chi connectivity index (χ1n) is 6.20. The van der Waals surface area contributed by atoms with E-state index in [2.05, 4.69) is 26.0 Å². The van der Waals surface area contributed by atoms with Crippen LogP contribution in [0.15, 0.2) is 45.8 Å². The van der Waals surface area contributed by atoms with Crippen molar-refractivity contribution in [3.8, 4) is 0 Å². The third-order valence-corrected chi connectivity index (χ3v) is 5.53. The lowest BCUT2D eigenvalue weighted by molar-refractivity contribution is 0.588. The average Bonchev–Trinajstić information content (AvgIpc) is 2.45. The quantitative estimate of drug-likeness (QED) is 0.723. The van der Waals surface area contributed by atoms with E-state index in [1.54, 1.807) is 6.07 Å². The summed E-state index contributed by atoms with van der Waals surface area (Å²) in [5.74, 6) is 0. The summed E-state index contributed by atoms with van der Waals surface area (Å²) in [5.41, 5.74) is 8.91. The second kappa shape index (κ2) is 6.05. The summed E-state index contributed by atoms with van der Waals surface area (Å²) in [7, 11) is -2.13. The van der Waals surface area contributed by atoms with Crippen LogP contribution in [-0.2, 0) is 10.0 Å². The molecule has 0 unspecified atom stereocenters. The number of hydrogen-bond donors (Lipinski definition) is 3. The van der Waals surface area contributed by atoms with Gasteiger partial charge in [0.2, 0.25) is 10.0 Å². The van der Waals surface area contributed by atoms with E-state index in [4.69, 9.17) is 5.73 Å². The molecule has 0 aliphatic heterocycles. The summed E-state index contributed by atoms with van der Waals surface area (Å²) in [6, 6.07) is 10.4. The number of nitrogen functional groups attached to an aromatic ring is 1. The lowest BCUT2D eigenvalue weighted by Gasteiger charge is -2.13. The Morgan fingerprint density at radius 1 is 1.14 bits per heavy atom. The molecule has 0 aliphatic rings. The fraction of sp³-hybridized carbons (Fsp3) is 0.143. The maximum atomic E-state index is 11.7. The Morgan fingerprint density at radius 3 is 2.48 bits per heavy atom. The molecule has 21 heavy (non-hydrogen) atoms. The Morgan fingerprint density at radius 2 is 1.86 bits per heavy atom.